The van der Waals surface area contributed by atoms with Crippen LogP contribution in [-0.4, -0.2) is 10.2 Å². The Bertz CT molecular complexity index is 454. The fraction of sp³-hybridized carbons (Fsp3) is 0.300. The number of aromatic nitrogens is 2. The molecule has 0 saturated carbocycles. The minimum absolute atomic E-state index is 0.208. The topological polar surface area (TPSA) is 28.7 Å². The largest absolute Gasteiger partial charge is 0.432 e. The quantitative estimate of drug-likeness (QED) is 0.738. The molecule has 0 radical (unpaired) electrons. The van der Waals surface area contributed by atoms with E-state index in [0.29, 0.717) is 12.0 Å². The first-order valence-corrected chi connectivity index (χ1v) is 4.65. The SMILES string of the molecule is FC1=CC=C(c2cc(C(F)(F)F)[nH]n2)CC1. The van der Waals surface area contributed by atoms with E-state index in [1.54, 1.807) is 0 Å². The van der Waals surface area contributed by atoms with Crippen LogP contribution < -0.4 is 0 Å². The Morgan fingerprint density at radius 3 is 2.44 bits per heavy atom. The Balaban J connectivity index is 2.26. The van der Waals surface area contributed by atoms with E-state index in [0.717, 1.165) is 6.07 Å². The van der Waals surface area contributed by atoms with E-state index >= 15 is 0 Å². The zero-order valence-electron chi connectivity index (χ0n) is 8.11. The maximum absolute atomic E-state index is 12.7. The maximum Gasteiger partial charge on any atom is 0.432 e. The van der Waals surface area contributed by atoms with Gasteiger partial charge in [0.15, 0.2) is 0 Å². The van der Waals surface area contributed by atoms with Gasteiger partial charge in [-0.2, -0.15) is 18.3 Å². The lowest BCUT2D eigenvalue weighted by Gasteiger charge is -2.06. The summed E-state index contributed by atoms with van der Waals surface area (Å²) in [5.41, 5.74) is -0.0670. The summed E-state index contributed by atoms with van der Waals surface area (Å²) >= 11 is 0. The number of H-pyrrole nitrogens is 1. The van der Waals surface area contributed by atoms with Gasteiger partial charge in [-0.25, -0.2) is 4.39 Å². The number of hydrogen-bond donors (Lipinski definition) is 1. The number of halogens is 4. The summed E-state index contributed by atoms with van der Waals surface area (Å²) in [4.78, 5) is 0. The van der Waals surface area contributed by atoms with Crippen molar-refractivity contribution in [2.75, 3.05) is 0 Å². The molecule has 0 aromatic carbocycles. The molecule has 1 heterocycles. The van der Waals surface area contributed by atoms with Crippen LogP contribution in [0.25, 0.3) is 5.57 Å². The van der Waals surface area contributed by atoms with Crippen LogP contribution in [-0.2, 0) is 6.18 Å². The second kappa shape index (κ2) is 3.77. The fourth-order valence-corrected chi connectivity index (χ4v) is 1.46. The summed E-state index contributed by atoms with van der Waals surface area (Å²) < 4.78 is 49.5. The molecular weight excluding hydrogens is 224 g/mol. The van der Waals surface area contributed by atoms with Crippen LogP contribution in [0, 0.1) is 0 Å². The molecule has 0 atom stereocenters. The number of hydrogen-bond acceptors (Lipinski definition) is 1. The Morgan fingerprint density at radius 1 is 1.19 bits per heavy atom. The van der Waals surface area contributed by atoms with Gasteiger partial charge in [0.2, 0.25) is 0 Å². The number of aromatic amines is 1. The molecule has 1 aliphatic rings. The van der Waals surface area contributed by atoms with Gasteiger partial charge in [0.1, 0.15) is 11.5 Å². The summed E-state index contributed by atoms with van der Waals surface area (Å²) in [6.45, 7) is 0. The minimum atomic E-state index is -4.43. The van der Waals surface area contributed by atoms with Gasteiger partial charge < -0.3 is 0 Å². The molecule has 1 aromatic heterocycles. The molecule has 0 amide bonds. The van der Waals surface area contributed by atoms with Crippen molar-refractivity contribution in [3.05, 3.63) is 35.4 Å². The van der Waals surface area contributed by atoms with E-state index in [4.69, 9.17) is 0 Å². The van der Waals surface area contributed by atoms with Crippen LogP contribution in [0.1, 0.15) is 24.2 Å². The second-order valence-electron chi connectivity index (χ2n) is 3.47. The fourth-order valence-electron chi connectivity index (χ4n) is 1.46. The van der Waals surface area contributed by atoms with Crippen molar-refractivity contribution in [3.8, 4) is 0 Å². The molecule has 2 rings (SSSR count). The van der Waals surface area contributed by atoms with Gasteiger partial charge in [-0.05, 0) is 24.1 Å². The second-order valence-corrected chi connectivity index (χ2v) is 3.47. The third kappa shape index (κ3) is 2.15. The van der Waals surface area contributed by atoms with Crippen molar-refractivity contribution in [1.82, 2.24) is 10.2 Å². The van der Waals surface area contributed by atoms with Crippen molar-refractivity contribution >= 4 is 5.57 Å². The van der Waals surface area contributed by atoms with Crippen LogP contribution in [0.4, 0.5) is 17.6 Å². The van der Waals surface area contributed by atoms with Crippen molar-refractivity contribution in [3.63, 3.8) is 0 Å². The molecule has 0 aliphatic heterocycles. The number of allylic oxidation sites excluding steroid dienone is 4. The van der Waals surface area contributed by atoms with E-state index < -0.39 is 11.9 Å². The average molecular weight is 232 g/mol. The van der Waals surface area contributed by atoms with Gasteiger partial charge in [0.05, 0.1) is 5.69 Å². The number of alkyl halides is 3. The Labute approximate surface area is 88.7 Å². The van der Waals surface area contributed by atoms with Crippen LogP contribution in [0.5, 0.6) is 0 Å². The lowest BCUT2D eigenvalue weighted by atomic mass is 10.0. The van der Waals surface area contributed by atoms with Gasteiger partial charge in [0.25, 0.3) is 0 Å². The molecule has 6 heteroatoms. The highest BCUT2D eigenvalue weighted by Gasteiger charge is 2.33. The summed E-state index contributed by atoms with van der Waals surface area (Å²) in [5, 5.41) is 5.49. The van der Waals surface area contributed by atoms with Crippen LogP contribution in [0.2, 0.25) is 0 Å². The van der Waals surface area contributed by atoms with E-state index in [1.807, 2.05) is 5.10 Å². The maximum atomic E-state index is 12.7. The molecule has 1 N–H and O–H groups in total. The molecule has 0 bridgehead atoms. The van der Waals surface area contributed by atoms with Crippen molar-refractivity contribution in [2.45, 2.75) is 19.0 Å². The van der Waals surface area contributed by atoms with Gasteiger partial charge in [-0.1, -0.05) is 6.08 Å². The zero-order valence-corrected chi connectivity index (χ0v) is 8.11. The van der Waals surface area contributed by atoms with E-state index in [2.05, 4.69) is 5.10 Å². The summed E-state index contributed by atoms with van der Waals surface area (Å²) in [6, 6.07) is 0.933. The highest BCUT2D eigenvalue weighted by molar-refractivity contribution is 5.66. The Kier molecular flexibility index (Phi) is 2.57. The summed E-state index contributed by atoms with van der Waals surface area (Å²) in [6.07, 6.45) is -1.15. The highest BCUT2D eigenvalue weighted by Crippen LogP contribution is 2.31. The smallest absolute Gasteiger partial charge is 0.273 e. The molecule has 0 spiro atoms. The summed E-state index contributed by atoms with van der Waals surface area (Å²) in [5.74, 6) is -0.268. The van der Waals surface area contributed by atoms with Crippen molar-refractivity contribution in [1.29, 1.82) is 0 Å². The molecule has 1 aromatic rings. The third-order valence-electron chi connectivity index (χ3n) is 2.31. The predicted octanol–water partition coefficient (Wildman–Crippen LogP) is 3.46. The number of rotatable bonds is 1. The molecule has 0 saturated heterocycles. The van der Waals surface area contributed by atoms with Crippen molar-refractivity contribution in [2.24, 2.45) is 0 Å². The number of nitrogens with one attached hydrogen (secondary N) is 1. The first kappa shape index (κ1) is 10.9. The molecule has 16 heavy (non-hydrogen) atoms. The first-order chi connectivity index (χ1) is 7.47. The molecule has 0 fully saturated rings. The number of nitrogens with zero attached hydrogens (tertiary/aromatic N) is 1. The Hall–Kier alpha value is -1.59. The molecule has 86 valence electrons. The summed E-state index contributed by atoms with van der Waals surface area (Å²) in [7, 11) is 0. The minimum Gasteiger partial charge on any atom is -0.273 e. The van der Waals surface area contributed by atoms with Crippen LogP contribution >= 0.6 is 0 Å². The third-order valence-corrected chi connectivity index (χ3v) is 2.31. The van der Waals surface area contributed by atoms with Gasteiger partial charge in [0, 0.05) is 6.42 Å². The first-order valence-electron chi connectivity index (χ1n) is 4.65. The van der Waals surface area contributed by atoms with Gasteiger partial charge in [-0.15, -0.1) is 0 Å². The highest BCUT2D eigenvalue weighted by atomic mass is 19.4. The lowest BCUT2D eigenvalue weighted by Crippen LogP contribution is -2.04. The molecular formula is C10H8F4N2. The van der Waals surface area contributed by atoms with Crippen LogP contribution in [0.3, 0.4) is 0 Å². The van der Waals surface area contributed by atoms with Gasteiger partial charge in [-0.3, -0.25) is 5.10 Å². The van der Waals surface area contributed by atoms with Gasteiger partial charge >= 0.3 is 6.18 Å². The standard InChI is InChI=1S/C10H8F4N2/c11-7-3-1-6(2-4-7)8-5-9(16-15-8)10(12,13)14/h1,3,5H,2,4H2,(H,15,16). The van der Waals surface area contributed by atoms with E-state index in [1.165, 1.54) is 12.2 Å². The Morgan fingerprint density at radius 2 is 1.94 bits per heavy atom. The molecule has 2 nitrogen and oxygen atoms in total. The average Bonchev–Trinajstić information content (AvgIpc) is 2.67. The monoisotopic (exact) mass is 232 g/mol. The van der Waals surface area contributed by atoms with E-state index in [-0.39, 0.29) is 17.9 Å². The van der Waals surface area contributed by atoms with E-state index in [9.17, 15) is 17.6 Å². The van der Waals surface area contributed by atoms with Crippen molar-refractivity contribution < 1.29 is 17.6 Å². The predicted molar refractivity (Wildman–Crippen MR) is 50.0 cm³/mol. The molecule has 1 aliphatic carbocycles. The van der Waals surface area contributed by atoms with Crippen LogP contribution in [0.15, 0.2) is 24.0 Å². The normalized spacial score (nSPS) is 17.0. The molecule has 0 unspecified atom stereocenters. The zero-order chi connectivity index (χ0) is 11.8. The lowest BCUT2D eigenvalue weighted by molar-refractivity contribution is -0.141.